The molecule has 8 N–H and O–H groups in total. The van der Waals surface area contributed by atoms with Gasteiger partial charge in [-0.3, -0.25) is 9.59 Å². The van der Waals surface area contributed by atoms with Gasteiger partial charge >= 0.3 is 5.97 Å². The van der Waals surface area contributed by atoms with Gasteiger partial charge in [-0.1, -0.05) is 12.1 Å². The van der Waals surface area contributed by atoms with Gasteiger partial charge in [-0.05, 0) is 49.2 Å². The number of phenols is 1. The number of benzene rings is 2. The molecule has 0 bridgehead atoms. The molecule has 0 saturated carbocycles. The lowest BCUT2D eigenvalue weighted by Gasteiger charge is -2.43. The lowest BCUT2D eigenvalue weighted by Crippen LogP contribution is -2.60. The Morgan fingerprint density at radius 3 is 2.16 bits per heavy atom. The van der Waals surface area contributed by atoms with Crippen molar-refractivity contribution >= 4 is 28.8 Å². The molecule has 3 aromatic rings. The standard InChI is InChI=1S/C34H38O16/c1-14-9-20(48-34-30(45)28(43)26(41)22(13-36)49-34)25(31-24(14)19(39)11-18(46-31)10-15(2)37)32-33(29(44)27(42)21(12-35)47-32)50-23(40)8-5-16-3-6-17(38)7-4-16/h3-9,11,21-22,26-30,32-36,38,41-45H,10,12-13H2,1-2H3/t21-,22-,26-,27-,28+,29+,30-,32+,33-,34-/m0/s1. The fourth-order valence-electron chi connectivity index (χ4n) is 5.93. The lowest BCUT2D eigenvalue weighted by molar-refractivity contribution is -0.278. The molecule has 2 aromatic carbocycles. The van der Waals surface area contributed by atoms with Crippen LogP contribution in [0.3, 0.4) is 0 Å². The van der Waals surface area contributed by atoms with Gasteiger partial charge in [0.05, 0.1) is 30.6 Å². The van der Waals surface area contributed by atoms with Crippen molar-refractivity contribution in [1.82, 2.24) is 0 Å². The van der Waals surface area contributed by atoms with Crippen molar-refractivity contribution < 1.29 is 73.8 Å². The first-order chi connectivity index (χ1) is 23.7. The molecule has 50 heavy (non-hydrogen) atoms. The first-order valence-corrected chi connectivity index (χ1v) is 15.6. The molecule has 10 atom stereocenters. The molecule has 16 heteroatoms. The van der Waals surface area contributed by atoms with E-state index >= 15 is 0 Å². The molecule has 2 fully saturated rings. The molecule has 16 nitrogen and oxygen atoms in total. The van der Waals surface area contributed by atoms with Gasteiger partial charge in [0.2, 0.25) is 6.29 Å². The second-order valence-electron chi connectivity index (χ2n) is 12.2. The van der Waals surface area contributed by atoms with Gasteiger partial charge in [0.15, 0.2) is 11.5 Å². The van der Waals surface area contributed by atoms with E-state index in [0.29, 0.717) is 5.56 Å². The zero-order valence-electron chi connectivity index (χ0n) is 26.9. The van der Waals surface area contributed by atoms with Gasteiger partial charge in [0, 0.05) is 12.1 Å². The molecule has 0 radical (unpaired) electrons. The van der Waals surface area contributed by atoms with E-state index in [-0.39, 0.29) is 51.6 Å². The van der Waals surface area contributed by atoms with Crippen LogP contribution in [0.4, 0.5) is 0 Å². The van der Waals surface area contributed by atoms with Crippen LogP contribution in [-0.4, -0.2) is 121 Å². The van der Waals surface area contributed by atoms with Crippen LogP contribution in [0, 0.1) is 6.92 Å². The molecule has 0 amide bonds. The Morgan fingerprint density at radius 1 is 0.880 bits per heavy atom. The van der Waals surface area contributed by atoms with Crippen LogP contribution in [0.5, 0.6) is 11.5 Å². The predicted molar refractivity (Wildman–Crippen MR) is 170 cm³/mol. The number of rotatable bonds is 10. The highest BCUT2D eigenvalue weighted by molar-refractivity contribution is 5.88. The topological polar surface area (TPSA) is 263 Å². The zero-order chi connectivity index (χ0) is 36.4. The van der Waals surface area contributed by atoms with Crippen LogP contribution >= 0.6 is 0 Å². The number of carbonyl (C=O) groups is 2. The number of aliphatic hydroxyl groups excluding tert-OH is 7. The Balaban J connectivity index is 1.67. The number of ether oxygens (including phenoxy) is 4. The highest BCUT2D eigenvalue weighted by atomic mass is 16.7. The van der Waals surface area contributed by atoms with Gasteiger partial charge in [-0.25, -0.2) is 4.79 Å². The summed E-state index contributed by atoms with van der Waals surface area (Å²) in [6.45, 7) is 1.17. The van der Waals surface area contributed by atoms with E-state index in [9.17, 15) is 55.2 Å². The summed E-state index contributed by atoms with van der Waals surface area (Å²) in [6.07, 6.45) is -15.2. The van der Waals surface area contributed by atoms with Gasteiger partial charge in [0.25, 0.3) is 0 Å². The number of hydrogen-bond acceptors (Lipinski definition) is 16. The number of phenolic OH excluding ortho intramolecular Hbond substituents is 1. The van der Waals surface area contributed by atoms with Crippen molar-refractivity contribution in [3.63, 3.8) is 0 Å². The Hall–Kier alpha value is -4.23. The summed E-state index contributed by atoms with van der Waals surface area (Å²) >= 11 is 0. The number of carbonyl (C=O) groups excluding carboxylic acids is 2. The number of Topliss-reactive ketones (excluding diaryl/α,β-unsaturated/α-hetero) is 1. The smallest absolute Gasteiger partial charge is 0.331 e. The first kappa shape index (κ1) is 37.0. The molecule has 3 heterocycles. The SMILES string of the molecule is CC(=O)Cc1cc(=O)c2c(C)cc(O[C@H]3O[C@@H](CO)[C@H](O)[C@@H](O)[C@@H]3O)c([C@H]3O[C@@H](CO)[C@H](O)[C@@H](O)[C@@H]3OC(=O)C=Cc3ccc(O)cc3)c2o1. The van der Waals surface area contributed by atoms with Gasteiger partial charge < -0.3 is 64.2 Å². The van der Waals surface area contributed by atoms with Crippen molar-refractivity contribution in [3.8, 4) is 11.5 Å². The second kappa shape index (κ2) is 15.3. The molecule has 2 aliphatic heterocycles. The lowest BCUT2D eigenvalue weighted by atomic mass is 9.88. The van der Waals surface area contributed by atoms with Crippen LogP contribution in [-0.2, 0) is 30.2 Å². The fraction of sp³-hybridized carbons (Fsp3) is 0.441. The third-order valence-corrected chi connectivity index (χ3v) is 8.47. The summed E-state index contributed by atoms with van der Waals surface area (Å²) < 4.78 is 29.2. The highest BCUT2D eigenvalue weighted by Crippen LogP contribution is 2.44. The molecule has 1 aromatic heterocycles. The van der Waals surface area contributed by atoms with Crippen LogP contribution < -0.4 is 10.2 Å². The number of esters is 1. The Kier molecular flexibility index (Phi) is 11.4. The molecule has 2 saturated heterocycles. The van der Waals surface area contributed by atoms with Gasteiger partial charge in [0.1, 0.15) is 77.5 Å². The number of aliphatic hydroxyl groups is 7. The maximum Gasteiger partial charge on any atom is 0.331 e. The second-order valence-corrected chi connectivity index (χ2v) is 12.2. The third kappa shape index (κ3) is 7.58. The van der Waals surface area contributed by atoms with E-state index in [0.717, 1.165) is 12.1 Å². The van der Waals surface area contributed by atoms with E-state index in [2.05, 4.69) is 0 Å². The Bertz CT molecular complexity index is 1780. The zero-order valence-corrected chi connectivity index (χ0v) is 26.9. The number of hydrogen-bond donors (Lipinski definition) is 8. The van der Waals surface area contributed by atoms with Crippen molar-refractivity contribution in [2.75, 3.05) is 13.2 Å². The quantitative estimate of drug-likeness (QED) is 0.0920. The minimum atomic E-state index is -1.92. The van der Waals surface area contributed by atoms with Gasteiger partial charge in [-0.15, -0.1) is 0 Å². The van der Waals surface area contributed by atoms with Crippen LogP contribution in [0.15, 0.2) is 51.7 Å². The maximum atomic E-state index is 13.4. The average Bonchev–Trinajstić information content (AvgIpc) is 3.07. The summed E-state index contributed by atoms with van der Waals surface area (Å²) in [5, 5.41) is 82.8. The maximum absolute atomic E-state index is 13.4. The summed E-state index contributed by atoms with van der Waals surface area (Å²) in [4.78, 5) is 38.6. The van der Waals surface area contributed by atoms with Gasteiger partial charge in [-0.2, -0.15) is 0 Å². The minimum Gasteiger partial charge on any atom is -0.508 e. The van der Waals surface area contributed by atoms with Crippen molar-refractivity contribution in [2.24, 2.45) is 0 Å². The van der Waals surface area contributed by atoms with E-state index in [1.165, 1.54) is 50.3 Å². The third-order valence-electron chi connectivity index (χ3n) is 8.47. The minimum absolute atomic E-state index is 0.00681. The largest absolute Gasteiger partial charge is 0.508 e. The summed E-state index contributed by atoms with van der Waals surface area (Å²) in [7, 11) is 0. The van der Waals surface area contributed by atoms with E-state index < -0.39 is 85.8 Å². The predicted octanol–water partition coefficient (Wildman–Crippen LogP) is -1.10. The van der Waals surface area contributed by atoms with Crippen molar-refractivity contribution in [1.29, 1.82) is 0 Å². The van der Waals surface area contributed by atoms with Crippen LogP contribution in [0.2, 0.25) is 0 Å². The number of fused-ring (bicyclic) bond motifs is 1. The number of aryl methyl sites for hydroxylation is 1. The molecule has 270 valence electrons. The Morgan fingerprint density at radius 2 is 1.52 bits per heavy atom. The molecular weight excluding hydrogens is 664 g/mol. The summed E-state index contributed by atoms with van der Waals surface area (Å²) in [6, 6.07) is 8.22. The molecular formula is C34H38O16. The van der Waals surface area contributed by atoms with E-state index in [1.54, 1.807) is 0 Å². The van der Waals surface area contributed by atoms with Crippen LogP contribution in [0.1, 0.15) is 35.5 Å². The molecule has 2 aliphatic rings. The number of ketones is 1. The molecule has 5 rings (SSSR count). The highest BCUT2D eigenvalue weighted by Gasteiger charge is 2.50. The summed E-state index contributed by atoms with van der Waals surface area (Å²) in [5.74, 6) is -1.77. The summed E-state index contributed by atoms with van der Waals surface area (Å²) in [5.41, 5.74) is -0.362. The molecule has 0 spiro atoms. The number of aromatic hydroxyl groups is 1. The normalized spacial score (nSPS) is 30.0. The van der Waals surface area contributed by atoms with Crippen molar-refractivity contribution in [3.05, 3.63) is 75.1 Å². The van der Waals surface area contributed by atoms with Crippen LogP contribution in [0.25, 0.3) is 17.0 Å². The monoisotopic (exact) mass is 702 g/mol. The molecule has 0 aliphatic carbocycles. The average molecular weight is 703 g/mol. The van der Waals surface area contributed by atoms with E-state index in [4.69, 9.17) is 23.4 Å². The fourth-order valence-corrected chi connectivity index (χ4v) is 5.93. The Labute approximate surface area is 284 Å². The van der Waals surface area contributed by atoms with Crippen molar-refractivity contribution in [2.45, 2.75) is 81.5 Å². The van der Waals surface area contributed by atoms with E-state index in [1.807, 2.05) is 0 Å². The molecule has 0 unspecified atom stereocenters. The first-order valence-electron chi connectivity index (χ1n) is 15.6.